The molecule has 1 aromatic carbocycles. The van der Waals surface area contributed by atoms with Crippen LogP contribution in [-0.4, -0.2) is 44.9 Å². The van der Waals surface area contributed by atoms with Crippen LogP contribution >= 0.6 is 0 Å². The zero-order valence-electron chi connectivity index (χ0n) is 19.2. The largest absolute Gasteiger partial charge is 0.342 e. The molecule has 0 saturated heterocycles. The third-order valence-corrected chi connectivity index (χ3v) is 5.76. The summed E-state index contributed by atoms with van der Waals surface area (Å²) >= 11 is 0. The summed E-state index contributed by atoms with van der Waals surface area (Å²) in [5.41, 5.74) is 1.93. The average molecular weight is 439 g/mol. The van der Waals surface area contributed by atoms with E-state index in [1.807, 2.05) is 20.8 Å². The Bertz CT molecular complexity index is 1080. The van der Waals surface area contributed by atoms with E-state index in [-0.39, 0.29) is 34.0 Å². The van der Waals surface area contributed by atoms with Gasteiger partial charge in [-0.25, -0.2) is 4.68 Å². The molecule has 0 N–H and O–H groups in total. The van der Waals surface area contributed by atoms with Gasteiger partial charge in [0.05, 0.1) is 21.9 Å². The monoisotopic (exact) mass is 438 g/mol. The number of carbonyl (C=O) groups is 2. The van der Waals surface area contributed by atoms with E-state index in [0.717, 1.165) is 6.42 Å². The van der Waals surface area contributed by atoms with Gasteiger partial charge in [0.15, 0.2) is 5.78 Å². The number of nitrogens with zero attached hydrogens (tertiary/aromatic N) is 4. The first kappa shape index (κ1) is 23.4. The normalized spacial score (nSPS) is 14.7. The van der Waals surface area contributed by atoms with Crippen LogP contribution in [0.1, 0.15) is 72.1 Å². The standard InChI is InChI=1S/C24H30N4O4/c1-6-8-9-17-22-20(14-24(3,4)15-21(22)29)27(25-17)18-11-10-16(13-19(18)28(31)32)23(30)26(5)12-7-2/h6,10-11,13H,1,7-9,12,14-15H2,2-5H3. The maximum absolute atomic E-state index is 13.0. The van der Waals surface area contributed by atoms with Crippen molar-refractivity contribution in [2.24, 2.45) is 5.41 Å². The summed E-state index contributed by atoms with van der Waals surface area (Å²) in [6.07, 6.45) is 4.73. The zero-order valence-corrected chi connectivity index (χ0v) is 19.2. The summed E-state index contributed by atoms with van der Waals surface area (Å²) in [6.45, 7) is 10.3. The molecule has 1 aliphatic carbocycles. The van der Waals surface area contributed by atoms with Crippen molar-refractivity contribution < 1.29 is 14.5 Å². The molecule has 1 heterocycles. The molecule has 8 nitrogen and oxygen atoms in total. The Balaban J connectivity index is 2.17. The molecule has 0 saturated carbocycles. The van der Waals surface area contributed by atoms with Crippen molar-refractivity contribution in [1.29, 1.82) is 0 Å². The third kappa shape index (κ3) is 4.49. The number of ketones is 1. The van der Waals surface area contributed by atoms with Crippen molar-refractivity contribution in [3.63, 3.8) is 0 Å². The lowest BCUT2D eigenvalue weighted by Gasteiger charge is -2.29. The number of fused-ring (bicyclic) bond motifs is 1. The van der Waals surface area contributed by atoms with Crippen LogP contribution in [0.2, 0.25) is 0 Å². The van der Waals surface area contributed by atoms with Gasteiger partial charge in [0.25, 0.3) is 11.6 Å². The van der Waals surface area contributed by atoms with Crippen LogP contribution in [0.4, 0.5) is 5.69 Å². The molecular formula is C24H30N4O4. The van der Waals surface area contributed by atoms with Crippen molar-refractivity contribution in [3.8, 4) is 5.69 Å². The minimum atomic E-state index is -0.501. The average Bonchev–Trinajstić information content (AvgIpc) is 3.08. The third-order valence-electron chi connectivity index (χ3n) is 5.76. The molecule has 3 rings (SSSR count). The van der Waals surface area contributed by atoms with Crippen molar-refractivity contribution >= 4 is 17.4 Å². The van der Waals surface area contributed by atoms with Crippen molar-refractivity contribution in [1.82, 2.24) is 14.7 Å². The van der Waals surface area contributed by atoms with E-state index >= 15 is 0 Å². The van der Waals surface area contributed by atoms with Crippen molar-refractivity contribution in [2.75, 3.05) is 13.6 Å². The molecular weight excluding hydrogens is 408 g/mol. The SMILES string of the molecule is C=CCCc1nn(-c2ccc(C(=O)N(C)CCC)cc2[N+](=O)[O-])c2c1C(=O)CC(C)(C)C2. The molecule has 2 aromatic rings. The van der Waals surface area contributed by atoms with Crippen LogP contribution < -0.4 is 0 Å². The number of carbonyl (C=O) groups excluding carboxylic acids is 2. The fourth-order valence-electron chi connectivity index (χ4n) is 4.28. The van der Waals surface area contributed by atoms with Gasteiger partial charge in [-0.1, -0.05) is 26.8 Å². The van der Waals surface area contributed by atoms with Crippen LogP contribution in [0.25, 0.3) is 5.69 Å². The van der Waals surface area contributed by atoms with Gasteiger partial charge >= 0.3 is 0 Å². The quantitative estimate of drug-likeness (QED) is 0.342. The number of allylic oxidation sites excluding steroid dienone is 1. The number of benzene rings is 1. The maximum Gasteiger partial charge on any atom is 0.295 e. The highest BCUT2D eigenvalue weighted by molar-refractivity contribution is 6.00. The molecule has 0 aliphatic heterocycles. The number of aromatic nitrogens is 2. The van der Waals surface area contributed by atoms with E-state index in [2.05, 4.69) is 11.7 Å². The Labute approximate surface area is 188 Å². The second-order valence-corrected chi connectivity index (χ2v) is 9.14. The predicted octanol–water partition coefficient (Wildman–Crippen LogP) is 4.54. The molecule has 32 heavy (non-hydrogen) atoms. The molecule has 170 valence electrons. The Morgan fingerprint density at radius 2 is 2.09 bits per heavy atom. The lowest BCUT2D eigenvalue weighted by molar-refractivity contribution is -0.384. The van der Waals surface area contributed by atoms with Gasteiger partial charge in [-0.15, -0.1) is 6.58 Å². The number of Topliss-reactive ketones (excluding diaryl/α,β-unsaturated/α-hetero) is 1. The fraction of sp³-hybridized carbons (Fsp3) is 0.458. The van der Waals surface area contributed by atoms with Crippen LogP contribution in [0.3, 0.4) is 0 Å². The van der Waals surface area contributed by atoms with Gasteiger partial charge in [0, 0.05) is 31.6 Å². The Hall–Kier alpha value is -3.29. The highest BCUT2D eigenvalue weighted by Gasteiger charge is 2.37. The number of hydrogen-bond acceptors (Lipinski definition) is 5. The minimum Gasteiger partial charge on any atom is -0.342 e. The smallest absolute Gasteiger partial charge is 0.295 e. The van der Waals surface area contributed by atoms with Gasteiger partial charge in [0.1, 0.15) is 5.69 Å². The zero-order chi connectivity index (χ0) is 23.6. The summed E-state index contributed by atoms with van der Waals surface area (Å²) in [7, 11) is 1.68. The Kier molecular flexibility index (Phi) is 6.62. The number of nitro groups is 1. The second-order valence-electron chi connectivity index (χ2n) is 9.14. The van der Waals surface area contributed by atoms with Crippen LogP contribution in [0.5, 0.6) is 0 Å². The lowest BCUT2D eigenvalue weighted by atomic mass is 9.75. The molecule has 0 atom stereocenters. The summed E-state index contributed by atoms with van der Waals surface area (Å²) in [4.78, 5) is 38.6. The van der Waals surface area contributed by atoms with Crippen LogP contribution in [-0.2, 0) is 12.8 Å². The second kappa shape index (κ2) is 9.06. The lowest BCUT2D eigenvalue weighted by Crippen LogP contribution is -2.28. The van der Waals surface area contributed by atoms with Gasteiger partial charge < -0.3 is 4.90 Å². The van der Waals surface area contributed by atoms with Gasteiger partial charge in [-0.3, -0.25) is 19.7 Å². The molecule has 1 aliphatic rings. The van der Waals surface area contributed by atoms with E-state index in [1.54, 1.807) is 30.2 Å². The summed E-state index contributed by atoms with van der Waals surface area (Å²) in [5, 5.41) is 16.6. The Morgan fingerprint density at radius 3 is 2.72 bits per heavy atom. The Morgan fingerprint density at radius 1 is 1.38 bits per heavy atom. The van der Waals surface area contributed by atoms with E-state index in [0.29, 0.717) is 49.2 Å². The molecule has 0 unspecified atom stereocenters. The number of aryl methyl sites for hydroxylation is 1. The van der Waals surface area contributed by atoms with Gasteiger partial charge in [0.2, 0.25) is 0 Å². The molecule has 0 spiro atoms. The van der Waals surface area contributed by atoms with Crippen molar-refractivity contribution in [2.45, 2.75) is 52.9 Å². The number of rotatable bonds is 8. The molecule has 0 radical (unpaired) electrons. The van der Waals surface area contributed by atoms with Gasteiger partial charge in [-0.2, -0.15) is 5.10 Å². The van der Waals surface area contributed by atoms with Crippen molar-refractivity contribution in [3.05, 3.63) is 63.5 Å². The first-order valence-electron chi connectivity index (χ1n) is 10.9. The highest BCUT2D eigenvalue weighted by Crippen LogP contribution is 2.38. The van der Waals surface area contributed by atoms with Crippen LogP contribution in [0.15, 0.2) is 30.9 Å². The number of nitro benzene ring substituents is 1. The topological polar surface area (TPSA) is 98.3 Å². The molecule has 1 amide bonds. The first-order chi connectivity index (χ1) is 15.1. The van der Waals surface area contributed by atoms with E-state index in [4.69, 9.17) is 0 Å². The predicted molar refractivity (Wildman–Crippen MR) is 122 cm³/mol. The molecule has 8 heteroatoms. The van der Waals surface area contributed by atoms with Gasteiger partial charge in [-0.05, 0) is 43.2 Å². The summed E-state index contributed by atoms with van der Waals surface area (Å²) in [5.74, 6) is -0.260. The highest BCUT2D eigenvalue weighted by atomic mass is 16.6. The number of amides is 1. The fourth-order valence-corrected chi connectivity index (χ4v) is 4.28. The van der Waals surface area contributed by atoms with E-state index in [1.165, 1.54) is 10.7 Å². The molecule has 0 fully saturated rings. The minimum absolute atomic E-state index is 0.0113. The summed E-state index contributed by atoms with van der Waals surface area (Å²) < 4.78 is 1.54. The molecule has 1 aromatic heterocycles. The number of hydrogen-bond donors (Lipinski definition) is 0. The van der Waals surface area contributed by atoms with E-state index < -0.39 is 4.92 Å². The first-order valence-corrected chi connectivity index (χ1v) is 10.9. The molecule has 0 bridgehead atoms. The maximum atomic E-state index is 13.0. The van der Waals surface area contributed by atoms with E-state index in [9.17, 15) is 19.7 Å². The van der Waals surface area contributed by atoms with Crippen LogP contribution in [0, 0.1) is 15.5 Å². The summed E-state index contributed by atoms with van der Waals surface area (Å²) in [6, 6.07) is 4.45.